The van der Waals surface area contributed by atoms with Crippen LogP contribution in [0.3, 0.4) is 0 Å². The van der Waals surface area contributed by atoms with Crippen LogP contribution < -0.4 is 5.32 Å². The van der Waals surface area contributed by atoms with Crippen LogP contribution in [0.25, 0.3) is 0 Å². The zero-order valence-corrected chi connectivity index (χ0v) is 18.0. The Morgan fingerprint density at radius 3 is 2.57 bits per heavy atom. The molecule has 2 rings (SSSR count). The lowest BCUT2D eigenvalue weighted by atomic mass is 10.1. The van der Waals surface area contributed by atoms with E-state index in [4.69, 9.17) is 21.6 Å². The van der Waals surface area contributed by atoms with Crippen molar-refractivity contribution in [3.8, 4) is 6.07 Å². The first-order chi connectivity index (χ1) is 13.4. The fourth-order valence-electron chi connectivity index (χ4n) is 2.42. The maximum Gasteiger partial charge on any atom is 0.215 e. The Bertz CT molecular complexity index is 921. The number of nitrogens with zero attached hydrogens (tertiary/aromatic N) is 3. The van der Waals surface area contributed by atoms with Gasteiger partial charge in [0, 0.05) is 10.2 Å². The zero-order chi connectivity index (χ0) is 20.7. The Kier molecular flexibility index (Phi) is 8.00. The molecule has 0 saturated heterocycles. The molecule has 2 aromatic rings. The number of rotatable bonds is 6. The van der Waals surface area contributed by atoms with Gasteiger partial charge >= 0.3 is 0 Å². The number of ether oxygens (including phenoxy) is 1. The first kappa shape index (κ1) is 21.9. The Morgan fingerprint density at radius 2 is 2.00 bits per heavy atom. The SMILES string of the molecule is COC(=NC=Nc1ccc(Br)cc1)[C@H](Nc1ccc(C#N)c(Cl)c1C)[C@H](C)O. The molecule has 2 atom stereocenters. The maximum absolute atomic E-state index is 10.2. The maximum atomic E-state index is 10.2. The van der Waals surface area contributed by atoms with Gasteiger partial charge in [0.15, 0.2) is 0 Å². The molecule has 0 bridgehead atoms. The van der Waals surface area contributed by atoms with Crippen LogP contribution in [0.1, 0.15) is 18.1 Å². The van der Waals surface area contributed by atoms with Crippen molar-refractivity contribution in [1.82, 2.24) is 0 Å². The molecule has 0 saturated carbocycles. The quantitative estimate of drug-likeness (QED) is 0.473. The fraction of sp³-hybridized carbons (Fsp3) is 0.250. The van der Waals surface area contributed by atoms with Gasteiger partial charge in [-0.15, -0.1) is 0 Å². The minimum absolute atomic E-state index is 0.260. The summed E-state index contributed by atoms with van der Waals surface area (Å²) in [5, 5.41) is 22.9. The summed E-state index contributed by atoms with van der Waals surface area (Å²) in [5.74, 6) is 0.260. The van der Waals surface area contributed by atoms with Gasteiger partial charge in [-0.2, -0.15) is 5.26 Å². The van der Waals surface area contributed by atoms with Gasteiger partial charge in [-0.1, -0.05) is 27.5 Å². The highest BCUT2D eigenvalue weighted by Gasteiger charge is 2.23. The molecule has 8 heteroatoms. The van der Waals surface area contributed by atoms with Crippen molar-refractivity contribution >= 4 is 51.1 Å². The number of methoxy groups -OCH3 is 1. The molecule has 0 aromatic heterocycles. The van der Waals surface area contributed by atoms with Crippen LogP contribution in [0.2, 0.25) is 5.02 Å². The second kappa shape index (κ2) is 10.2. The van der Waals surface area contributed by atoms with E-state index in [0.29, 0.717) is 21.8 Å². The fourth-order valence-corrected chi connectivity index (χ4v) is 2.89. The van der Waals surface area contributed by atoms with Crippen molar-refractivity contribution in [2.75, 3.05) is 12.4 Å². The highest BCUT2D eigenvalue weighted by atomic mass is 79.9. The number of hydrogen-bond acceptors (Lipinski definition) is 5. The first-order valence-electron chi connectivity index (χ1n) is 8.41. The number of aliphatic imine (C=N–C) groups is 2. The molecule has 0 aliphatic heterocycles. The minimum atomic E-state index is -0.811. The van der Waals surface area contributed by atoms with E-state index in [1.165, 1.54) is 13.4 Å². The highest BCUT2D eigenvalue weighted by Crippen LogP contribution is 2.28. The smallest absolute Gasteiger partial charge is 0.215 e. The molecule has 0 fully saturated rings. The monoisotopic (exact) mass is 462 g/mol. The van der Waals surface area contributed by atoms with Gasteiger partial charge in [0.05, 0.1) is 29.5 Å². The molecule has 0 aliphatic rings. The molecular weight excluding hydrogens is 444 g/mol. The summed E-state index contributed by atoms with van der Waals surface area (Å²) in [5.41, 5.74) is 2.49. The minimum Gasteiger partial charge on any atom is -0.482 e. The van der Waals surface area contributed by atoms with Crippen LogP contribution in [-0.2, 0) is 4.74 Å². The van der Waals surface area contributed by atoms with Gasteiger partial charge < -0.3 is 15.2 Å². The number of nitriles is 1. The third kappa shape index (κ3) is 5.55. The largest absolute Gasteiger partial charge is 0.482 e. The summed E-state index contributed by atoms with van der Waals surface area (Å²) >= 11 is 9.60. The molecular formula is C20H20BrClN4O2. The third-order valence-corrected chi connectivity index (χ3v) is 5.01. The predicted octanol–water partition coefficient (Wildman–Crippen LogP) is 4.85. The summed E-state index contributed by atoms with van der Waals surface area (Å²) in [6.07, 6.45) is 0.561. The number of halogens is 2. The highest BCUT2D eigenvalue weighted by molar-refractivity contribution is 9.10. The number of aliphatic hydroxyl groups excluding tert-OH is 1. The molecule has 2 N–H and O–H groups in total. The van der Waals surface area contributed by atoms with E-state index in [-0.39, 0.29) is 5.90 Å². The number of anilines is 1. The number of hydrogen-bond donors (Lipinski definition) is 2. The van der Waals surface area contributed by atoms with Crippen LogP contribution in [0.4, 0.5) is 11.4 Å². The number of nitrogens with one attached hydrogen (secondary N) is 1. The average molecular weight is 464 g/mol. The second-order valence-electron chi connectivity index (χ2n) is 5.97. The van der Waals surface area contributed by atoms with E-state index >= 15 is 0 Å². The van der Waals surface area contributed by atoms with Crippen LogP contribution in [0, 0.1) is 18.3 Å². The molecule has 0 unspecified atom stereocenters. The normalized spacial score (nSPS) is 13.8. The van der Waals surface area contributed by atoms with Crippen LogP contribution >= 0.6 is 27.5 Å². The molecule has 6 nitrogen and oxygen atoms in total. The molecule has 0 heterocycles. The average Bonchev–Trinajstić information content (AvgIpc) is 2.68. The Hall–Kier alpha value is -2.40. The lowest BCUT2D eigenvalue weighted by Crippen LogP contribution is -2.40. The Labute approximate surface area is 177 Å². The van der Waals surface area contributed by atoms with Crippen molar-refractivity contribution in [1.29, 1.82) is 5.26 Å². The first-order valence-corrected chi connectivity index (χ1v) is 9.58. The van der Waals surface area contributed by atoms with Crippen molar-refractivity contribution < 1.29 is 9.84 Å². The standard InChI is InChI=1S/C20H20BrClN4O2/c1-12-17(9-4-14(10-23)18(12)22)26-19(13(2)27)20(28-3)25-11-24-16-7-5-15(21)6-8-16/h4-9,11,13,19,26-27H,1-3H3/t13-,19+/m0/s1. The van der Waals surface area contributed by atoms with Crippen molar-refractivity contribution in [2.45, 2.75) is 26.0 Å². The van der Waals surface area contributed by atoms with Crippen molar-refractivity contribution in [3.05, 3.63) is 57.0 Å². The van der Waals surface area contributed by atoms with Gasteiger partial charge in [-0.25, -0.2) is 9.98 Å². The van der Waals surface area contributed by atoms with E-state index in [9.17, 15) is 5.11 Å². The van der Waals surface area contributed by atoms with Crippen molar-refractivity contribution in [3.63, 3.8) is 0 Å². The van der Waals surface area contributed by atoms with E-state index < -0.39 is 12.1 Å². The van der Waals surface area contributed by atoms with Gasteiger partial charge in [0.2, 0.25) is 5.90 Å². The van der Waals surface area contributed by atoms with E-state index in [2.05, 4.69) is 31.2 Å². The van der Waals surface area contributed by atoms with Gasteiger partial charge in [-0.3, -0.25) is 0 Å². The summed E-state index contributed by atoms with van der Waals surface area (Å²) in [6.45, 7) is 3.42. The summed E-state index contributed by atoms with van der Waals surface area (Å²) in [6, 6.07) is 12.2. The molecule has 0 aliphatic carbocycles. The summed E-state index contributed by atoms with van der Waals surface area (Å²) < 4.78 is 6.32. The van der Waals surface area contributed by atoms with E-state index in [1.54, 1.807) is 26.0 Å². The Morgan fingerprint density at radius 1 is 1.32 bits per heavy atom. The van der Waals surface area contributed by atoms with Gasteiger partial charge in [0.1, 0.15) is 18.4 Å². The summed E-state index contributed by atoms with van der Waals surface area (Å²) in [4.78, 5) is 8.51. The van der Waals surface area contributed by atoms with Crippen LogP contribution in [0.15, 0.2) is 50.9 Å². The summed E-state index contributed by atoms with van der Waals surface area (Å²) in [7, 11) is 1.47. The molecule has 2 aromatic carbocycles. The van der Waals surface area contributed by atoms with E-state index in [0.717, 1.165) is 10.2 Å². The zero-order valence-electron chi connectivity index (χ0n) is 15.6. The third-order valence-electron chi connectivity index (χ3n) is 3.99. The van der Waals surface area contributed by atoms with Crippen LogP contribution in [-0.4, -0.2) is 36.6 Å². The second-order valence-corrected chi connectivity index (χ2v) is 7.26. The lowest BCUT2D eigenvalue weighted by Gasteiger charge is -2.24. The topological polar surface area (TPSA) is 90.0 Å². The van der Waals surface area contributed by atoms with Gasteiger partial charge in [0.25, 0.3) is 0 Å². The number of benzene rings is 2. The molecule has 0 radical (unpaired) electrons. The lowest BCUT2D eigenvalue weighted by molar-refractivity contribution is 0.182. The molecule has 146 valence electrons. The van der Waals surface area contributed by atoms with Crippen LogP contribution in [0.5, 0.6) is 0 Å². The van der Waals surface area contributed by atoms with Crippen molar-refractivity contribution in [2.24, 2.45) is 9.98 Å². The predicted molar refractivity (Wildman–Crippen MR) is 117 cm³/mol. The molecule has 0 amide bonds. The number of aliphatic hydroxyl groups is 1. The molecule has 0 spiro atoms. The van der Waals surface area contributed by atoms with Gasteiger partial charge in [-0.05, 0) is 55.8 Å². The molecule has 28 heavy (non-hydrogen) atoms. The van der Waals surface area contributed by atoms with E-state index in [1.807, 2.05) is 30.3 Å². The Balaban J connectivity index is 2.26.